The fourth-order valence-corrected chi connectivity index (χ4v) is 1.17. The summed E-state index contributed by atoms with van der Waals surface area (Å²) in [5.41, 5.74) is -0.0387. The molecular weight excluding hydrogens is 170 g/mol. The zero-order valence-electron chi connectivity index (χ0n) is 8.42. The van der Waals surface area contributed by atoms with Gasteiger partial charge >= 0.3 is 5.97 Å². The molecule has 0 aromatic carbocycles. The van der Waals surface area contributed by atoms with Crippen LogP contribution in [-0.2, 0) is 14.3 Å². The molecule has 1 saturated heterocycles. The third kappa shape index (κ3) is 2.97. The van der Waals surface area contributed by atoms with Gasteiger partial charge in [0.25, 0.3) is 0 Å². The first-order valence-electron chi connectivity index (χ1n) is 4.58. The van der Waals surface area contributed by atoms with Crippen LogP contribution in [0, 0.1) is 0 Å². The molecule has 1 N–H and O–H groups in total. The quantitative estimate of drug-likeness (QED) is 0.632. The molecule has 0 spiro atoms. The summed E-state index contributed by atoms with van der Waals surface area (Å²) >= 11 is 0. The number of ether oxygens (including phenoxy) is 2. The average molecular weight is 187 g/mol. The monoisotopic (exact) mass is 187 g/mol. The number of rotatable bonds is 2. The minimum atomic E-state index is -0.437. The highest BCUT2D eigenvalue weighted by molar-refractivity contribution is 5.75. The van der Waals surface area contributed by atoms with Crippen molar-refractivity contribution in [2.75, 3.05) is 19.8 Å². The largest absolute Gasteiger partial charge is 0.464 e. The van der Waals surface area contributed by atoms with E-state index in [0.717, 1.165) is 0 Å². The lowest BCUT2D eigenvalue weighted by atomic mass is 10.0. The van der Waals surface area contributed by atoms with Crippen LogP contribution in [0.15, 0.2) is 0 Å². The van der Waals surface area contributed by atoms with Crippen LogP contribution >= 0.6 is 0 Å². The Balaban J connectivity index is 2.36. The molecule has 0 amide bonds. The van der Waals surface area contributed by atoms with Crippen molar-refractivity contribution in [2.24, 2.45) is 0 Å². The van der Waals surface area contributed by atoms with E-state index >= 15 is 0 Å². The van der Waals surface area contributed by atoms with Crippen LogP contribution in [0.2, 0.25) is 0 Å². The van der Waals surface area contributed by atoms with Gasteiger partial charge in [0.1, 0.15) is 0 Å². The smallest absolute Gasteiger partial charge is 0.336 e. The minimum absolute atomic E-state index is 0.0387. The molecule has 0 saturated carbocycles. The number of carbonyl (C=O) groups is 1. The van der Waals surface area contributed by atoms with Crippen LogP contribution in [0.4, 0.5) is 0 Å². The fourth-order valence-electron chi connectivity index (χ4n) is 1.17. The average Bonchev–Trinajstić information content (AvgIpc) is 2.04. The van der Waals surface area contributed by atoms with Crippen molar-refractivity contribution in [3.63, 3.8) is 0 Å². The molecule has 1 fully saturated rings. The normalized spacial score (nSPS) is 26.8. The molecule has 0 aromatic rings. The maximum absolute atomic E-state index is 11.2. The maximum Gasteiger partial charge on any atom is 0.336 e. The van der Waals surface area contributed by atoms with Crippen molar-refractivity contribution >= 4 is 5.97 Å². The highest BCUT2D eigenvalue weighted by Crippen LogP contribution is 2.11. The van der Waals surface area contributed by atoms with E-state index in [4.69, 9.17) is 9.47 Å². The summed E-state index contributed by atoms with van der Waals surface area (Å²) < 4.78 is 10.2. The molecule has 76 valence electrons. The first-order valence-corrected chi connectivity index (χ1v) is 4.58. The molecule has 0 aromatic heterocycles. The van der Waals surface area contributed by atoms with E-state index in [9.17, 15) is 4.79 Å². The van der Waals surface area contributed by atoms with Gasteiger partial charge in [-0.2, -0.15) is 0 Å². The summed E-state index contributed by atoms with van der Waals surface area (Å²) in [6.45, 7) is 7.34. The molecule has 1 atom stereocenters. The Labute approximate surface area is 78.6 Å². The third-order valence-corrected chi connectivity index (χ3v) is 1.96. The van der Waals surface area contributed by atoms with Crippen LogP contribution in [0.3, 0.4) is 0 Å². The molecule has 0 radical (unpaired) electrons. The lowest BCUT2D eigenvalue weighted by Gasteiger charge is -2.34. The van der Waals surface area contributed by atoms with Gasteiger partial charge in [0.15, 0.2) is 6.10 Å². The SMILES string of the molecule is CCOC(=O)C1CNC(C)(C)CO1. The molecule has 0 aliphatic carbocycles. The molecule has 4 nitrogen and oxygen atoms in total. The van der Waals surface area contributed by atoms with Gasteiger partial charge in [0.05, 0.1) is 13.2 Å². The lowest BCUT2D eigenvalue weighted by molar-refractivity contribution is -0.161. The summed E-state index contributed by atoms with van der Waals surface area (Å²) in [6, 6.07) is 0. The van der Waals surface area contributed by atoms with Gasteiger partial charge in [-0.25, -0.2) is 4.79 Å². The highest BCUT2D eigenvalue weighted by atomic mass is 16.6. The third-order valence-electron chi connectivity index (χ3n) is 1.96. The summed E-state index contributed by atoms with van der Waals surface area (Å²) in [5.74, 6) is -0.273. The Morgan fingerprint density at radius 2 is 2.38 bits per heavy atom. The van der Waals surface area contributed by atoms with Crippen molar-refractivity contribution in [1.29, 1.82) is 0 Å². The Hall–Kier alpha value is -0.610. The second kappa shape index (κ2) is 4.07. The van der Waals surface area contributed by atoms with E-state index in [-0.39, 0.29) is 11.5 Å². The number of nitrogens with one attached hydrogen (secondary N) is 1. The van der Waals surface area contributed by atoms with E-state index in [0.29, 0.717) is 19.8 Å². The Kier molecular flexibility index (Phi) is 3.27. The standard InChI is InChI=1S/C9H17NO3/c1-4-12-8(11)7-5-10-9(2,3)6-13-7/h7,10H,4-6H2,1-3H3. The second-order valence-corrected chi connectivity index (χ2v) is 3.82. The minimum Gasteiger partial charge on any atom is -0.464 e. The molecule has 1 rings (SSSR count). The van der Waals surface area contributed by atoms with Gasteiger partial charge < -0.3 is 14.8 Å². The summed E-state index contributed by atoms with van der Waals surface area (Å²) in [7, 11) is 0. The molecular formula is C9H17NO3. The van der Waals surface area contributed by atoms with Crippen molar-refractivity contribution < 1.29 is 14.3 Å². The number of morpholine rings is 1. The molecule has 1 unspecified atom stereocenters. The molecule has 0 bridgehead atoms. The van der Waals surface area contributed by atoms with Crippen molar-refractivity contribution in [1.82, 2.24) is 5.32 Å². The van der Waals surface area contributed by atoms with E-state index < -0.39 is 6.10 Å². The predicted octanol–water partition coefficient (Wildman–Crippen LogP) is 0.316. The summed E-state index contributed by atoms with van der Waals surface area (Å²) in [6.07, 6.45) is -0.437. The zero-order chi connectivity index (χ0) is 9.90. The van der Waals surface area contributed by atoms with E-state index in [1.54, 1.807) is 6.92 Å². The van der Waals surface area contributed by atoms with Crippen LogP contribution in [-0.4, -0.2) is 37.4 Å². The van der Waals surface area contributed by atoms with E-state index in [2.05, 4.69) is 5.32 Å². The predicted molar refractivity (Wildman–Crippen MR) is 48.5 cm³/mol. The molecule has 1 aliphatic heterocycles. The lowest BCUT2D eigenvalue weighted by Crippen LogP contribution is -2.55. The van der Waals surface area contributed by atoms with Gasteiger partial charge in [-0.15, -0.1) is 0 Å². The first-order chi connectivity index (χ1) is 6.05. The van der Waals surface area contributed by atoms with Crippen LogP contribution < -0.4 is 5.32 Å². The number of hydrogen-bond acceptors (Lipinski definition) is 4. The fraction of sp³-hybridized carbons (Fsp3) is 0.889. The molecule has 4 heteroatoms. The zero-order valence-corrected chi connectivity index (χ0v) is 8.42. The topological polar surface area (TPSA) is 47.6 Å². The van der Waals surface area contributed by atoms with Gasteiger partial charge in [-0.05, 0) is 20.8 Å². The van der Waals surface area contributed by atoms with Crippen LogP contribution in [0.25, 0.3) is 0 Å². The Morgan fingerprint density at radius 3 is 2.85 bits per heavy atom. The molecule has 13 heavy (non-hydrogen) atoms. The Morgan fingerprint density at radius 1 is 1.69 bits per heavy atom. The van der Waals surface area contributed by atoms with Gasteiger partial charge in [0.2, 0.25) is 0 Å². The first kappa shape index (κ1) is 10.5. The van der Waals surface area contributed by atoms with Gasteiger partial charge in [0, 0.05) is 12.1 Å². The maximum atomic E-state index is 11.2. The number of esters is 1. The van der Waals surface area contributed by atoms with Crippen molar-refractivity contribution in [2.45, 2.75) is 32.4 Å². The van der Waals surface area contributed by atoms with Gasteiger partial charge in [-0.1, -0.05) is 0 Å². The van der Waals surface area contributed by atoms with Crippen LogP contribution in [0.1, 0.15) is 20.8 Å². The Bertz CT molecular complexity index is 181. The van der Waals surface area contributed by atoms with Crippen molar-refractivity contribution in [3.05, 3.63) is 0 Å². The summed E-state index contributed by atoms with van der Waals surface area (Å²) in [4.78, 5) is 11.2. The van der Waals surface area contributed by atoms with Crippen molar-refractivity contribution in [3.8, 4) is 0 Å². The van der Waals surface area contributed by atoms with Gasteiger partial charge in [-0.3, -0.25) is 0 Å². The van der Waals surface area contributed by atoms with Crippen LogP contribution in [0.5, 0.6) is 0 Å². The van der Waals surface area contributed by atoms with E-state index in [1.807, 2.05) is 13.8 Å². The summed E-state index contributed by atoms with van der Waals surface area (Å²) in [5, 5.41) is 3.22. The molecule has 1 aliphatic rings. The molecule has 1 heterocycles. The number of carbonyl (C=O) groups excluding carboxylic acids is 1. The van der Waals surface area contributed by atoms with E-state index in [1.165, 1.54) is 0 Å². The highest BCUT2D eigenvalue weighted by Gasteiger charge is 2.31. The number of hydrogen-bond donors (Lipinski definition) is 1. The second-order valence-electron chi connectivity index (χ2n) is 3.82.